The Balaban J connectivity index is 1.98. The zero-order chi connectivity index (χ0) is 14.8. The van der Waals surface area contributed by atoms with Crippen LogP contribution in [0.5, 0.6) is 0 Å². The number of rotatable bonds is 4. The molecule has 0 saturated carbocycles. The lowest BCUT2D eigenvalue weighted by Gasteiger charge is -2.16. The van der Waals surface area contributed by atoms with Crippen molar-refractivity contribution in [2.75, 3.05) is 0 Å². The Hall–Kier alpha value is -2.24. The molecule has 0 bridgehead atoms. The molecular weight excluding hydrogens is 262 g/mol. The summed E-state index contributed by atoms with van der Waals surface area (Å²) in [6, 6.07) is 10.2. The molecule has 21 heavy (non-hydrogen) atoms. The van der Waals surface area contributed by atoms with Crippen molar-refractivity contribution in [2.45, 2.75) is 19.4 Å². The largest absolute Gasteiger partial charge is 0.275 e. The number of hydrogen-bond acceptors (Lipinski definition) is 4. The van der Waals surface area contributed by atoms with E-state index in [0.29, 0.717) is 0 Å². The normalized spacial score (nSPS) is 12.7. The zero-order valence-corrected chi connectivity index (χ0v) is 12.2. The van der Waals surface area contributed by atoms with Crippen LogP contribution in [0.25, 0.3) is 10.9 Å². The minimum atomic E-state index is 0.0320. The van der Waals surface area contributed by atoms with E-state index in [1.54, 1.807) is 0 Å². The molecule has 2 heterocycles. The van der Waals surface area contributed by atoms with Crippen LogP contribution in [0.15, 0.2) is 42.7 Å². The van der Waals surface area contributed by atoms with Crippen LogP contribution in [-0.2, 0) is 13.5 Å². The molecule has 2 aromatic heterocycles. The Kier molecular flexibility index (Phi) is 3.68. The van der Waals surface area contributed by atoms with Gasteiger partial charge in [0.05, 0.1) is 17.3 Å². The van der Waals surface area contributed by atoms with Crippen molar-refractivity contribution in [3.63, 3.8) is 0 Å². The third-order valence-electron chi connectivity index (χ3n) is 3.79. The number of aryl methyl sites for hydroxylation is 2. The van der Waals surface area contributed by atoms with Crippen molar-refractivity contribution < 1.29 is 0 Å². The Labute approximate surface area is 123 Å². The topological polar surface area (TPSA) is 68.8 Å². The highest BCUT2D eigenvalue weighted by Crippen LogP contribution is 2.24. The Morgan fingerprint density at radius 1 is 1.29 bits per heavy atom. The van der Waals surface area contributed by atoms with Gasteiger partial charge in [0.1, 0.15) is 0 Å². The Bertz CT molecular complexity index is 757. The third-order valence-corrected chi connectivity index (χ3v) is 3.79. The van der Waals surface area contributed by atoms with Crippen molar-refractivity contribution >= 4 is 10.9 Å². The van der Waals surface area contributed by atoms with E-state index in [1.807, 2.05) is 49.2 Å². The second-order valence-corrected chi connectivity index (χ2v) is 5.25. The standard InChI is InChI=1S/C16H19N5/c1-11-14(10-21(2)20-11)16(19-17)9-12-7-8-18-15-6-4-3-5-13(12)15/h3-8,10,16,19H,9,17H2,1-2H3. The van der Waals surface area contributed by atoms with Crippen LogP contribution in [0, 0.1) is 6.92 Å². The number of nitrogens with one attached hydrogen (secondary N) is 1. The van der Waals surface area contributed by atoms with Gasteiger partial charge in [0.25, 0.3) is 0 Å². The first-order valence-electron chi connectivity index (χ1n) is 6.98. The maximum Gasteiger partial charge on any atom is 0.0704 e. The van der Waals surface area contributed by atoms with Crippen molar-refractivity contribution in [1.29, 1.82) is 0 Å². The highest BCUT2D eigenvalue weighted by molar-refractivity contribution is 5.81. The lowest BCUT2D eigenvalue weighted by molar-refractivity contribution is 0.550. The van der Waals surface area contributed by atoms with Gasteiger partial charge in [0.2, 0.25) is 0 Å². The molecule has 0 spiro atoms. The first-order chi connectivity index (χ1) is 10.2. The molecule has 1 atom stereocenters. The number of aromatic nitrogens is 3. The molecule has 0 fully saturated rings. The summed E-state index contributed by atoms with van der Waals surface area (Å²) in [5.41, 5.74) is 7.27. The number of hydrazine groups is 1. The molecule has 0 amide bonds. The van der Waals surface area contributed by atoms with Crippen LogP contribution in [0.4, 0.5) is 0 Å². The van der Waals surface area contributed by atoms with Crippen LogP contribution in [0.1, 0.15) is 22.9 Å². The van der Waals surface area contributed by atoms with E-state index in [1.165, 1.54) is 10.9 Å². The second kappa shape index (κ2) is 5.63. The molecule has 5 nitrogen and oxygen atoms in total. The lowest BCUT2D eigenvalue weighted by atomic mass is 9.97. The van der Waals surface area contributed by atoms with E-state index >= 15 is 0 Å². The molecule has 108 valence electrons. The van der Waals surface area contributed by atoms with E-state index in [9.17, 15) is 0 Å². The van der Waals surface area contributed by atoms with Gasteiger partial charge in [-0.3, -0.25) is 20.9 Å². The molecule has 3 N–H and O–H groups in total. The van der Waals surface area contributed by atoms with Crippen LogP contribution >= 0.6 is 0 Å². The van der Waals surface area contributed by atoms with Crippen LogP contribution in [0.3, 0.4) is 0 Å². The van der Waals surface area contributed by atoms with E-state index in [4.69, 9.17) is 5.84 Å². The molecule has 1 unspecified atom stereocenters. The quantitative estimate of drug-likeness (QED) is 0.567. The molecule has 0 radical (unpaired) electrons. The van der Waals surface area contributed by atoms with Gasteiger partial charge in [-0.15, -0.1) is 0 Å². The highest BCUT2D eigenvalue weighted by atomic mass is 15.3. The molecule has 1 aromatic carbocycles. The van der Waals surface area contributed by atoms with Gasteiger partial charge in [0, 0.05) is 30.4 Å². The summed E-state index contributed by atoms with van der Waals surface area (Å²) < 4.78 is 1.82. The third kappa shape index (κ3) is 2.66. The summed E-state index contributed by atoms with van der Waals surface area (Å²) in [7, 11) is 1.92. The summed E-state index contributed by atoms with van der Waals surface area (Å²) in [6.45, 7) is 2.00. The SMILES string of the molecule is Cc1nn(C)cc1C(Cc1ccnc2ccccc12)NN. The molecule has 0 saturated heterocycles. The Morgan fingerprint density at radius 2 is 2.10 bits per heavy atom. The number of pyridine rings is 1. The number of para-hydroxylation sites is 1. The molecular formula is C16H19N5. The fourth-order valence-electron chi connectivity index (χ4n) is 2.77. The summed E-state index contributed by atoms with van der Waals surface area (Å²) >= 11 is 0. The van der Waals surface area contributed by atoms with Crippen molar-refractivity contribution in [2.24, 2.45) is 12.9 Å². The molecule has 3 rings (SSSR count). The second-order valence-electron chi connectivity index (χ2n) is 5.25. The summed E-state index contributed by atoms with van der Waals surface area (Å²) in [5.74, 6) is 5.77. The van der Waals surface area contributed by atoms with Gasteiger partial charge in [0.15, 0.2) is 0 Å². The van der Waals surface area contributed by atoms with Gasteiger partial charge in [-0.05, 0) is 31.0 Å². The van der Waals surface area contributed by atoms with Crippen LogP contribution < -0.4 is 11.3 Å². The summed E-state index contributed by atoms with van der Waals surface area (Å²) in [5, 5.41) is 5.56. The summed E-state index contributed by atoms with van der Waals surface area (Å²) in [6.07, 6.45) is 4.66. The maximum absolute atomic E-state index is 5.77. The number of fused-ring (bicyclic) bond motifs is 1. The monoisotopic (exact) mass is 281 g/mol. The van der Waals surface area contributed by atoms with Gasteiger partial charge >= 0.3 is 0 Å². The predicted molar refractivity (Wildman–Crippen MR) is 83.5 cm³/mol. The van der Waals surface area contributed by atoms with Crippen molar-refractivity contribution in [3.8, 4) is 0 Å². The average Bonchev–Trinajstić information content (AvgIpc) is 2.83. The fraction of sp³-hybridized carbons (Fsp3) is 0.250. The molecule has 0 aliphatic heterocycles. The molecule has 5 heteroatoms. The van der Waals surface area contributed by atoms with Gasteiger partial charge in [-0.25, -0.2) is 0 Å². The smallest absolute Gasteiger partial charge is 0.0704 e. The van der Waals surface area contributed by atoms with Crippen molar-refractivity contribution in [1.82, 2.24) is 20.2 Å². The molecule has 0 aliphatic rings. The van der Waals surface area contributed by atoms with Gasteiger partial charge in [-0.1, -0.05) is 18.2 Å². The first-order valence-corrected chi connectivity index (χ1v) is 6.98. The van der Waals surface area contributed by atoms with E-state index in [2.05, 4.69) is 27.6 Å². The van der Waals surface area contributed by atoms with Crippen molar-refractivity contribution in [3.05, 3.63) is 59.5 Å². The predicted octanol–water partition coefficient (Wildman–Crippen LogP) is 2.02. The van der Waals surface area contributed by atoms with Gasteiger partial charge in [-0.2, -0.15) is 5.10 Å². The minimum absolute atomic E-state index is 0.0320. The van der Waals surface area contributed by atoms with E-state index < -0.39 is 0 Å². The highest BCUT2D eigenvalue weighted by Gasteiger charge is 2.17. The van der Waals surface area contributed by atoms with Crippen LogP contribution in [0.2, 0.25) is 0 Å². The maximum atomic E-state index is 5.77. The Morgan fingerprint density at radius 3 is 2.81 bits per heavy atom. The number of hydrogen-bond donors (Lipinski definition) is 2. The summed E-state index contributed by atoms with van der Waals surface area (Å²) in [4.78, 5) is 4.40. The zero-order valence-electron chi connectivity index (χ0n) is 12.2. The number of benzene rings is 1. The molecule has 0 aliphatic carbocycles. The van der Waals surface area contributed by atoms with Crippen LogP contribution in [-0.4, -0.2) is 14.8 Å². The average molecular weight is 281 g/mol. The molecule has 3 aromatic rings. The fourth-order valence-corrected chi connectivity index (χ4v) is 2.77. The number of nitrogens with two attached hydrogens (primary N) is 1. The van der Waals surface area contributed by atoms with E-state index in [-0.39, 0.29) is 6.04 Å². The minimum Gasteiger partial charge on any atom is -0.275 e. The lowest BCUT2D eigenvalue weighted by Crippen LogP contribution is -2.29. The first kappa shape index (κ1) is 13.7. The van der Waals surface area contributed by atoms with Gasteiger partial charge < -0.3 is 0 Å². The van der Waals surface area contributed by atoms with E-state index in [0.717, 1.165) is 23.2 Å². The number of nitrogens with zero attached hydrogens (tertiary/aromatic N) is 3.